The Morgan fingerprint density at radius 2 is 1.68 bits per heavy atom. The summed E-state index contributed by atoms with van der Waals surface area (Å²) in [6, 6.07) is 3.66. The van der Waals surface area contributed by atoms with E-state index in [1.54, 1.807) is 19.3 Å². The molecule has 0 spiro atoms. The summed E-state index contributed by atoms with van der Waals surface area (Å²) in [5.74, 6) is 0.387. The highest BCUT2D eigenvalue weighted by molar-refractivity contribution is 5.86. The van der Waals surface area contributed by atoms with Crippen molar-refractivity contribution in [2.24, 2.45) is 0 Å². The van der Waals surface area contributed by atoms with Gasteiger partial charge in [0.25, 0.3) is 0 Å². The van der Waals surface area contributed by atoms with E-state index in [1.165, 1.54) is 0 Å². The molecule has 0 unspecified atom stereocenters. The summed E-state index contributed by atoms with van der Waals surface area (Å²) in [6.45, 7) is 7.18. The van der Waals surface area contributed by atoms with Crippen LogP contribution in [0.3, 0.4) is 0 Å². The van der Waals surface area contributed by atoms with E-state index < -0.39 is 12.1 Å². The number of esters is 1. The maximum absolute atomic E-state index is 11.5. The van der Waals surface area contributed by atoms with Gasteiger partial charge in [-0.3, -0.25) is 4.98 Å². The second-order valence-electron chi connectivity index (χ2n) is 6.04. The molecule has 0 saturated carbocycles. The number of unbranched alkanes of at least 4 members (excludes halogenated alkanes) is 3. The minimum absolute atomic E-state index is 0.156. The van der Waals surface area contributed by atoms with E-state index >= 15 is 0 Å². The van der Waals surface area contributed by atoms with Gasteiger partial charge in [0.05, 0.1) is 26.4 Å². The number of pyridine rings is 1. The smallest absolute Gasteiger partial charge is 0.407 e. The topological polar surface area (TPSA) is 96.0 Å². The molecule has 156 valence electrons. The van der Waals surface area contributed by atoms with Crippen molar-refractivity contribution in [3.05, 3.63) is 36.7 Å². The molecule has 1 aromatic rings. The van der Waals surface area contributed by atoms with Crippen LogP contribution in [0.2, 0.25) is 0 Å². The molecule has 0 aliphatic heterocycles. The van der Waals surface area contributed by atoms with Gasteiger partial charge in [0.15, 0.2) is 0 Å². The van der Waals surface area contributed by atoms with Crippen LogP contribution in [0.4, 0.5) is 4.79 Å². The number of rotatable bonds is 15. The van der Waals surface area contributed by atoms with Crippen molar-refractivity contribution in [3.8, 4) is 5.75 Å². The van der Waals surface area contributed by atoms with Crippen LogP contribution in [0.25, 0.3) is 0 Å². The summed E-state index contributed by atoms with van der Waals surface area (Å²) < 4.78 is 20.8. The lowest BCUT2D eigenvalue weighted by Gasteiger charge is -2.08. The number of ether oxygens (including phenoxy) is 4. The highest BCUT2D eigenvalue weighted by Gasteiger charge is 2.03. The number of carbonyl (C=O) groups excluding carboxylic acids is 2. The summed E-state index contributed by atoms with van der Waals surface area (Å²) in [6.07, 6.45) is 6.69. The van der Waals surface area contributed by atoms with Crippen molar-refractivity contribution >= 4 is 12.1 Å². The first kappa shape index (κ1) is 23.4. The summed E-state index contributed by atoms with van der Waals surface area (Å²) >= 11 is 0. The molecule has 8 heteroatoms. The fourth-order valence-electron chi connectivity index (χ4n) is 2.04. The highest BCUT2D eigenvalue weighted by atomic mass is 16.6. The third kappa shape index (κ3) is 12.7. The van der Waals surface area contributed by atoms with Gasteiger partial charge >= 0.3 is 12.1 Å². The van der Waals surface area contributed by atoms with Gasteiger partial charge < -0.3 is 24.3 Å². The van der Waals surface area contributed by atoms with E-state index in [-0.39, 0.29) is 13.2 Å². The number of nitrogens with zero attached hydrogens (tertiary/aromatic N) is 1. The molecule has 1 aromatic heterocycles. The second-order valence-corrected chi connectivity index (χ2v) is 6.04. The van der Waals surface area contributed by atoms with Crippen LogP contribution in [-0.2, 0) is 19.0 Å². The Morgan fingerprint density at radius 1 is 0.964 bits per heavy atom. The molecule has 0 aliphatic carbocycles. The standard InChI is InChI=1S/C20H30N2O6/c1-17(2)19(23)27-16-15-25-14-11-22-20(24)28-13-6-4-3-5-12-26-18-7-9-21-10-8-18/h7-10H,1,3-6,11-16H2,2H3,(H,22,24). The predicted molar refractivity (Wildman–Crippen MR) is 104 cm³/mol. The Labute approximate surface area is 166 Å². The van der Waals surface area contributed by atoms with Crippen molar-refractivity contribution in [1.29, 1.82) is 0 Å². The van der Waals surface area contributed by atoms with Gasteiger partial charge in [0, 0.05) is 24.5 Å². The van der Waals surface area contributed by atoms with Crippen molar-refractivity contribution in [1.82, 2.24) is 10.3 Å². The highest BCUT2D eigenvalue weighted by Crippen LogP contribution is 2.08. The van der Waals surface area contributed by atoms with Crippen LogP contribution < -0.4 is 10.1 Å². The van der Waals surface area contributed by atoms with Gasteiger partial charge in [0.1, 0.15) is 12.4 Å². The maximum atomic E-state index is 11.5. The number of carbonyl (C=O) groups is 2. The molecule has 0 saturated heterocycles. The lowest BCUT2D eigenvalue weighted by Crippen LogP contribution is -2.28. The van der Waals surface area contributed by atoms with Crippen molar-refractivity contribution in [2.45, 2.75) is 32.6 Å². The molecule has 0 radical (unpaired) electrons. The minimum Gasteiger partial charge on any atom is -0.493 e. The van der Waals surface area contributed by atoms with Gasteiger partial charge in [0.2, 0.25) is 0 Å². The van der Waals surface area contributed by atoms with Crippen LogP contribution in [0.15, 0.2) is 36.7 Å². The molecule has 0 aromatic carbocycles. The SMILES string of the molecule is C=C(C)C(=O)OCCOCCNC(=O)OCCCCCCOc1ccncc1. The predicted octanol–water partition coefficient (Wildman–Crippen LogP) is 2.88. The maximum Gasteiger partial charge on any atom is 0.407 e. The van der Waals surface area contributed by atoms with Gasteiger partial charge in [-0.05, 0) is 44.7 Å². The summed E-state index contributed by atoms with van der Waals surface area (Å²) in [5, 5.41) is 2.60. The molecule has 1 heterocycles. The Kier molecular flexibility index (Phi) is 12.9. The molecule has 1 amide bonds. The number of amides is 1. The largest absolute Gasteiger partial charge is 0.493 e. The van der Waals surface area contributed by atoms with E-state index in [0.29, 0.717) is 31.9 Å². The molecule has 0 bridgehead atoms. The quantitative estimate of drug-likeness (QED) is 0.278. The van der Waals surface area contributed by atoms with Gasteiger partial charge in [-0.2, -0.15) is 0 Å². The third-order valence-corrected chi connectivity index (χ3v) is 3.52. The van der Waals surface area contributed by atoms with Gasteiger partial charge in [-0.25, -0.2) is 9.59 Å². The third-order valence-electron chi connectivity index (χ3n) is 3.52. The molecule has 0 fully saturated rings. The Morgan fingerprint density at radius 3 is 2.39 bits per heavy atom. The number of hydrogen-bond acceptors (Lipinski definition) is 7. The zero-order valence-corrected chi connectivity index (χ0v) is 16.5. The van der Waals surface area contributed by atoms with Crippen LogP contribution in [-0.4, -0.2) is 56.6 Å². The average molecular weight is 394 g/mol. The van der Waals surface area contributed by atoms with Crippen molar-refractivity contribution in [2.75, 3.05) is 39.6 Å². The van der Waals surface area contributed by atoms with Gasteiger partial charge in [-0.1, -0.05) is 6.58 Å². The molecule has 1 N–H and O–H groups in total. The molecule has 0 aliphatic rings. The second kappa shape index (κ2) is 15.4. The van der Waals surface area contributed by atoms with E-state index in [9.17, 15) is 9.59 Å². The average Bonchev–Trinajstić information content (AvgIpc) is 2.69. The van der Waals surface area contributed by atoms with E-state index in [4.69, 9.17) is 18.9 Å². The fraction of sp³-hybridized carbons (Fsp3) is 0.550. The van der Waals surface area contributed by atoms with E-state index in [2.05, 4.69) is 16.9 Å². The Balaban J connectivity index is 1.83. The summed E-state index contributed by atoms with van der Waals surface area (Å²) in [7, 11) is 0. The zero-order valence-electron chi connectivity index (χ0n) is 16.5. The van der Waals surface area contributed by atoms with E-state index in [0.717, 1.165) is 31.4 Å². The van der Waals surface area contributed by atoms with Crippen molar-refractivity contribution in [3.63, 3.8) is 0 Å². The van der Waals surface area contributed by atoms with E-state index in [1.807, 2.05) is 12.1 Å². The Hall–Kier alpha value is -2.61. The molecule has 0 atom stereocenters. The first-order valence-electron chi connectivity index (χ1n) is 9.43. The molecular weight excluding hydrogens is 364 g/mol. The number of hydrogen-bond donors (Lipinski definition) is 1. The van der Waals surface area contributed by atoms with Crippen LogP contribution >= 0.6 is 0 Å². The summed E-state index contributed by atoms with van der Waals surface area (Å²) in [5.41, 5.74) is 0.350. The molecule has 1 rings (SSSR count). The van der Waals surface area contributed by atoms with Crippen LogP contribution in [0.1, 0.15) is 32.6 Å². The monoisotopic (exact) mass is 394 g/mol. The lowest BCUT2D eigenvalue weighted by atomic mass is 10.2. The number of nitrogens with one attached hydrogen (secondary N) is 1. The van der Waals surface area contributed by atoms with Crippen LogP contribution in [0.5, 0.6) is 5.75 Å². The zero-order chi connectivity index (χ0) is 20.5. The van der Waals surface area contributed by atoms with Gasteiger partial charge in [-0.15, -0.1) is 0 Å². The Bertz CT molecular complexity index is 579. The first-order valence-corrected chi connectivity index (χ1v) is 9.43. The van der Waals surface area contributed by atoms with Crippen molar-refractivity contribution < 1.29 is 28.5 Å². The lowest BCUT2D eigenvalue weighted by molar-refractivity contribution is -0.140. The molecule has 28 heavy (non-hydrogen) atoms. The minimum atomic E-state index is -0.460. The first-order chi connectivity index (χ1) is 13.6. The van der Waals surface area contributed by atoms with Crippen LogP contribution in [0, 0.1) is 0 Å². The number of alkyl carbamates (subject to hydrolysis) is 1. The normalized spacial score (nSPS) is 10.2. The molecular formula is C20H30N2O6. The molecule has 8 nitrogen and oxygen atoms in total. The summed E-state index contributed by atoms with van der Waals surface area (Å²) in [4.78, 5) is 26.5. The fourth-order valence-corrected chi connectivity index (χ4v) is 2.04. The number of aromatic nitrogens is 1.